The lowest BCUT2D eigenvalue weighted by Crippen LogP contribution is -2.37. The number of ether oxygens (including phenoxy) is 1. The number of methoxy groups -OCH3 is 1. The Balaban J connectivity index is 1.70. The van der Waals surface area contributed by atoms with E-state index in [4.69, 9.17) is 16.3 Å². The van der Waals surface area contributed by atoms with Crippen molar-refractivity contribution < 1.29 is 19.7 Å². The Bertz CT molecular complexity index is 870. The van der Waals surface area contributed by atoms with E-state index in [0.717, 1.165) is 19.0 Å². The highest BCUT2D eigenvalue weighted by atomic mass is 35.5. The van der Waals surface area contributed by atoms with Crippen LogP contribution in [0.15, 0.2) is 48.8 Å². The summed E-state index contributed by atoms with van der Waals surface area (Å²) in [4.78, 5) is 14.3. The number of hydrogen-bond acceptors (Lipinski definition) is 6. The second kappa shape index (κ2) is 8.89. The van der Waals surface area contributed by atoms with Crippen molar-refractivity contribution in [2.24, 2.45) is 0 Å². The van der Waals surface area contributed by atoms with Crippen molar-refractivity contribution in [3.63, 3.8) is 0 Å². The molecule has 28 heavy (non-hydrogen) atoms. The standard InChI is InChI=1S/C21H23ClN2O4/c1-28-21(27)19-15(20(22)17(26)13-16(19)25)7-8-18-23-10-12-24(18)11-9-14-5-3-2-4-6-14/h2-6,10,12-13,18,23,25-26H,7-9,11H2,1H3. The number of nitrogens with zero attached hydrogens (tertiary/aromatic N) is 1. The van der Waals surface area contributed by atoms with Gasteiger partial charge >= 0.3 is 5.97 Å². The van der Waals surface area contributed by atoms with Crippen LogP contribution >= 0.6 is 11.6 Å². The van der Waals surface area contributed by atoms with Crippen LogP contribution in [-0.2, 0) is 17.6 Å². The Morgan fingerprint density at radius 1 is 1.21 bits per heavy atom. The first-order chi connectivity index (χ1) is 13.5. The Labute approximate surface area is 169 Å². The average molecular weight is 403 g/mol. The Kier molecular flexibility index (Phi) is 6.31. The Morgan fingerprint density at radius 3 is 2.68 bits per heavy atom. The molecule has 0 amide bonds. The van der Waals surface area contributed by atoms with Crippen molar-refractivity contribution in [1.29, 1.82) is 0 Å². The second-order valence-corrected chi connectivity index (χ2v) is 6.96. The minimum Gasteiger partial charge on any atom is -0.507 e. The smallest absolute Gasteiger partial charge is 0.341 e. The second-order valence-electron chi connectivity index (χ2n) is 6.58. The molecule has 3 N–H and O–H groups in total. The largest absolute Gasteiger partial charge is 0.507 e. The van der Waals surface area contributed by atoms with Crippen molar-refractivity contribution in [2.45, 2.75) is 25.4 Å². The van der Waals surface area contributed by atoms with Gasteiger partial charge in [0.05, 0.1) is 18.3 Å². The molecule has 1 aliphatic rings. The van der Waals surface area contributed by atoms with Crippen LogP contribution in [0.5, 0.6) is 11.5 Å². The summed E-state index contributed by atoms with van der Waals surface area (Å²) < 4.78 is 4.76. The SMILES string of the molecule is COC(=O)c1c(O)cc(O)c(Cl)c1CCC1NC=CN1CCc1ccccc1. The number of esters is 1. The zero-order chi connectivity index (χ0) is 20.1. The molecule has 1 aliphatic heterocycles. The molecule has 1 atom stereocenters. The first-order valence-electron chi connectivity index (χ1n) is 9.05. The fourth-order valence-electron chi connectivity index (χ4n) is 3.36. The van der Waals surface area contributed by atoms with Crippen molar-refractivity contribution >= 4 is 17.6 Å². The lowest BCUT2D eigenvalue weighted by atomic mass is 10.00. The first-order valence-corrected chi connectivity index (χ1v) is 9.43. The predicted octanol–water partition coefficient (Wildman–Crippen LogP) is 3.42. The molecular weight excluding hydrogens is 380 g/mol. The summed E-state index contributed by atoms with van der Waals surface area (Å²) in [5.41, 5.74) is 1.63. The number of benzene rings is 2. The van der Waals surface area contributed by atoms with Gasteiger partial charge in [-0.25, -0.2) is 4.79 Å². The van der Waals surface area contributed by atoms with E-state index in [-0.39, 0.29) is 28.3 Å². The summed E-state index contributed by atoms with van der Waals surface area (Å²) in [5.74, 6) is -1.30. The van der Waals surface area contributed by atoms with Crippen molar-refractivity contribution in [1.82, 2.24) is 10.2 Å². The van der Waals surface area contributed by atoms with Gasteiger partial charge in [-0.1, -0.05) is 41.9 Å². The van der Waals surface area contributed by atoms with Crippen LogP contribution in [-0.4, -0.2) is 40.9 Å². The highest BCUT2D eigenvalue weighted by molar-refractivity contribution is 6.33. The van der Waals surface area contributed by atoms with E-state index < -0.39 is 5.97 Å². The predicted molar refractivity (Wildman–Crippen MR) is 107 cm³/mol. The van der Waals surface area contributed by atoms with E-state index >= 15 is 0 Å². The molecule has 0 aliphatic carbocycles. The summed E-state index contributed by atoms with van der Waals surface area (Å²) in [6, 6.07) is 11.3. The molecule has 1 heterocycles. The van der Waals surface area contributed by atoms with Crippen molar-refractivity contribution in [2.75, 3.05) is 13.7 Å². The molecule has 0 saturated carbocycles. The molecule has 0 radical (unpaired) electrons. The van der Waals surface area contributed by atoms with Gasteiger partial charge in [0.25, 0.3) is 0 Å². The van der Waals surface area contributed by atoms with E-state index in [0.29, 0.717) is 18.4 Å². The summed E-state index contributed by atoms with van der Waals surface area (Å²) in [6.45, 7) is 0.834. The fraction of sp³-hybridized carbons (Fsp3) is 0.286. The third-order valence-electron chi connectivity index (χ3n) is 4.83. The molecule has 7 heteroatoms. The van der Waals surface area contributed by atoms with Crippen LogP contribution in [0.3, 0.4) is 0 Å². The topological polar surface area (TPSA) is 82.0 Å². The molecule has 0 spiro atoms. The minimum absolute atomic E-state index is 0.00732. The third-order valence-corrected chi connectivity index (χ3v) is 5.26. The van der Waals surface area contributed by atoms with Crippen molar-refractivity contribution in [3.05, 3.63) is 70.5 Å². The number of aromatic hydroxyl groups is 2. The summed E-state index contributed by atoms with van der Waals surface area (Å²) in [7, 11) is 1.24. The lowest BCUT2D eigenvalue weighted by Gasteiger charge is -2.26. The number of phenols is 2. The quantitative estimate of drug-likeness (QED) is 0.616. The lowest BCUT2D eigenvalue weighted by molar-refractivity contribution is 0.0596. The number of carbonyl (C=O) groups is 1. The number of nitrogens with one attached hydrogen (secondary N) is 1. The van der Waals surface area contributed by atoms with Gasteiger partial charge in [0.1, 0.15) is 17.1 Å². The zero-order valence-electron chi connectivity index (χ0n) is 15.6. The molecule has 1 unspecified atom stereocenters. The third kappa shape index (κ3) is 4.34. The van der Waals surface area contributed by atoms with Gasteiger partial charge in [0, 0.05) is 25.0 Å². The maximum Gasteiger partial charge on any atom is 0.341 e. The summed E-state index contributed by atoms with van der Waals surface area (Å²) in [6.07, 6.45) is 5.81. The van der Waals surface area contributed by atoms with Crippen LogP contribution in [0, 0.1) is 0 Å². The van der Waals surface area contributed by atoms with Gasteiger partial charge < -0.3 is 25.2 Å². The van der Waals surface area contributed by atoms with E-state index in [1.807, 2.05) is 30.6 Å². The monoisotopic (exact) mass is 402 g/mol. The minimum atomic E-state index is -0.687. The zero-order valence-corrected chi connectivity index (χ0v) is 16.3. The van der Waals surface area contributed by atoms with E-state index in [2.05, 4.69) is 22.3 Å². The van der Waals surface area contributed by atoms with Gasteiger partial charge in [-0.15, -0.1) is 0 Å². The molecule has 148 valence electrons. The normalized spacial score (nSPS) is 15.5. The fourth-order valence-corrected chi connectivity index (χ4v) is 3.61. The molecule has 3 rings (SSSR count). The average Bonchev–Trinajstić information content (AvgIpc) is 3.15. The summed E-state index contributed by atoms with van der Waals surface area (Å²) in [5, 5.41) is 23.4. The molecule has 0 fully saturated rings. The van der Waals surface area contributed by atoms with Gasteiger partial charge in [0.15, 0.2) is 0 Å². The van der Waals surface area contributed by atoms with Crippen LogP contribution < -0.4 is 5.32 Å². The Morgan fingerprint density at radius 2 is 1.96 bits per heavy atom. The van der Waals surface area contributed by atoms with Gasteiger partial charge in [-0.05, 0) is 30.4 Å². The Hall–Kier alpha value is -2.86. The number of hydrogen-bond donors (Lipinski definition) is 3. The number of phenolic OH excluding ortho intramolecular Hbond substituents is 2. The van der Waals surface area contributed by atoms with Gasteiger partial charge in [-0.2, -0.15) is 0 Å². The number of rotatable bonds is 7. The van der Waals surface area contributed by atoms with Crippen LogP contribution in [0.2, 0.25) is 5.02 Å². The molecular formula is C21H23ClN2O4. The molecule has 0 saturated heterocycles. The molecule has 0 bridgehead atoms. The van der Waals surface area contributed by atoms with E-state index in [9.17, 15) is 15.0 Å². The molecule has 2 aromatic carbocycles. The maximum absolute atomic E-state index is 12.1. The van der Waals surface area contributed by atoms with Crippen molar-refractivity contribution in [3.8, 4) is 11.5 Å². The van der Waals surface area contributed by atoms with Crippen LogP contribution in [0.4, 0.5) is 0 Å². The molecule has 2 aromatic rings. The van der Waals surface area contributed by atoms with E-state index in [1.165, 1.54) is 12.7 Å². The highest BCUT2D eigenvalue weighted by Gasteiger charge is 2.25. The molecule has 6 nitrogen and oxygen atoms in total. The number of carbonyl (C=O) groups excluding carboxylic acids is 1. The highest BCUT2D eigenvalue weighted by Crippen LogP contribution is 2.37. The van der Waals surface area contributed by atoms with Crippen LogP contribution in [0.1, 0.15) is 27.9 Å². The van der Waals surface area contributed by atoms with Gasteiger partial charge in [-0.3, -0.25) is 0 Å². The van der Waals surface area contributed by atoms with Crippen LogP contribution in [0.25, 0.3) is 0 Å². The summed E-state index contributed by atoms with van der Waals surface area (Å²) >= 11 is 6.22. The number of halogens is 1. The first kappa shape index (κ1) is 19.9. The molecule has 0 aromatic heterocycles. The maximum atomic E-state index is 12.1. The van der Waals surface area contributed by atoms with Gasteiger partial charge in [0.2, 0.25) is 0 Å². The van der Waals surface area contributed by atoms with E-state index in [1.54, 1.807) is 0 Å².